The predicted octanol–water partition coefficient (Wildman–Crippen LogP) is 2.54. The number of urea groups is 1. The van der Waals surface area contributed by atoms with Gasteiger partial charge in [0.25, 0.3) is 11.8 Å². The third-order valence-corrected chi connectivity index (χ3v) is 5.63. The second-order valence-corrected chi connectivity index (χ2v) is 7.44. The first-order valence-corrected chi connectivity index (χ1v) is 9.52. The molecule has 11 heteroatoms. The van der Waals surface area contributed by atoms with Crippen molar-refractivity contribution in [1.82, 2.24) is 14.5 Å². The number of nitrogens with zero attached hydrogens (tertiary/aromatic N) is 2. The summed E-state index contributed by atoms with van der Waals surface area (Å²) in [6.45, 7) is -2.96. The van der Waals surface area contributed by atoms with E-state index in [4.69, 9.17) is 4.74 Å². The van der Waals surface area contributed by atoms with E-state index in [9.17, 15) is 23.2 Å². The van der Waals surface area contributed by atoms with E-state index in [1.54, 1.807) is 18.2 Å². The first kappa shape index (κ1) is 20.9. The number of carbonyl (C=O) groups is 3. The van der Waals surface area contributed by atoms with Crippen molar-refractivity contribution in [2.24, 2.45) is 0 Å². The largest absolute Gasteiger partial charge is 0.497 e. The van der Waals surface area contributed by atoms with Gasteiger partial charge < -0.3 is 19.7 Å². The summed E-state index contributed by atoms with van der Waals surface area (Å²) < 4.78 is 35.0. The highest BCUT2D eigenvalue weighted by atomic mass is 32.1. The van der Waals surface area contributed by atoms with Gasteiger partial charge in [0.15, 0.2) is 5.54 Å². The first-order valence-electron chi connectivity index (χ1n) is 9.12. The van der Waals surface area contributed by atoms with Crippen LogP contribution in [0.3, 0.4) is 0 Å². The first-order chi connectivity index (χ1) is 14.7. The molecule has 0 aliphatic carbocycles. The molecule has 1 N–H and O–H groups in total. The number of hydrogen-bond acceptors (Lipinski definition) is 6. The molecule has 1 fully saturated rings. The van der Waals surface area contributed by atoms with Crippen LogP contribution in [0.1, 0.15) is 21.5 Å². The summed E-state index contributed by atoms with van der Waals surface area (Å²) in [6, 6.07) is 9.64. The molecular weight excluding hydrogens is 432 g/mol. The van der Waals surface area contributed by atoms with Gasteiger partial charge in [0, 0.05) is 12.1 Å². The molecule has 162 valence electrons. The third kappa shape index (κ3) is 3.54. The van der Waals surface area contributed by atoms with Crippen molar-refractivity contribution in [2.75, 3.05) is 13.7 Å². The lowest BCUT2D eigenvalue weighted by Crippen LogP contribution is -2.52. The summed E-state index contributed by atoms with van der Waals surface area (Å²) in [5, 5.41) is 2.59. The van der Waals surface area contributed by atoms with E-state index in [1.165, 1.54) is 36.3 Å². The van der Waals surface area contributed by atoms with Gasteiger partial charge in [0.1, 0.15) is 11.5 Å². The quantitative estimate of drug-likeness (QED) is 0.523. The molecular formula is C20H17F2N3O5S. The van der Waals surface area contributed by atoms with Crippen molar-refractivity contribution in [3.63, 3.8) is 0 Å². The molecule has 2 heterocycles. The number of amides is 4. The van der Waals surface area contributed by atoms with Gasteiger partial charge in [-0.2, -0.15) is 8.78 Å². The minimum absolute atomic E-state index is 0.106. The molecule has 2 aromatic rings. The normalized spacial score (nSPS) is 20.4. The zero-order valence-electron chi connectivity index (χ0n) is 16.2. The molecule has 8 nitrogen and oxygen atoms in total. The topological polar surface area (TPSA) is 88.2 Å². The van der Waals surface area contributed by atoms with Crippen LogP contribution in [0.2, 0.25) is 0 Å². The molecule has 4 rings (SSSR count). The molecule has 0 unspecified atom stereocenters. The number of thiol groups is 1. The smallest absolute Gasteiger partial charge is 0.387 e. The van der Waals surface area contributed by atoms with Crippen molar-refractivity contribution in [3.8, 4) is 11.5 Å². The van der Waals surface area contributed by atoms with E-state index in [-0.39, 0.29) is 24.7 Å². The van der Waals surface area contributed by atoms with Crippen LogP contribution in [-0.2, 0) is 16.9 Å². The number of fused-ring (bicyclic) bond motifs is 1. The number of benzene rings is 2. The highest BCUT2D eigenvalue weighted by molar-refractivity contribution is 7.79. The number of ether oxygens (including phenoxy) is 2. The Bertz CT molecular complexity index is 1070. The number of alkyl halides is 2. The maximum atomic E-state index is 13.0. The van der Waals surface area contributed by atoms with Crippen molar-refractivity contribution >= 4 is 30.7 Å². The van der Waals surface area contributed by atoms with E-state index < -0.39 is 24.1 Å². The average molecular weight is 449 g/mol. The van der Waals surface area contributed by atoms with E-state index in [2.05, 4.69) is 22.9 Å². The molecule has 2 aromatic carbocycles. The van der Waals surface area contributed by atoms with Crippen LogP contribution in [0.25, 0.3) is 0 Å². The number of hydrogen-bond donors (Lipinski definition) is 2. The van der Waals surface area contributed by atoms with E-state index >= 15 is 0 Å². The SMILES string of the molecule is COc1ccc2c(c1)C(=O)N(C[C@@]1(c3ccc(OC(F)F)cc3)NC(=O)N(S)C1=O)C2. The highest BCUT2D eigenvalue weighted by Crippen LogP contribution is 2.35. The Labute approximate surface area is 181 Å². The Hall–Kier alpha value is -3.34. The van der Waals surface area contributed by atoms with E-state index in [0.717, 1.165) is 5.56 Å². The Morgan fingerprint density at radius 3 is 2.39 bits per heavy atom. The van der Waals surface area contributed by atoms with Gasteiger partial charge in [-0.3, -0.25) is 9.59 Å². The maximum Gasteiger partial charge on any atom is 0.387 e. The fourth-order valence-corrected chi connectivity index (χ4v) is 3.98. The van der Waals surface area contributed by atoms with Gasteiger partial charge in [-0.1, -0.05) is 31.0 Å². The lowest BCUT2D eigenvalue weighted by Gasteiger charge is -2.31. The summed E-state index contributed by atoms with van der Waals surface area (Å²) in [5.74, 6) is -0.606. The minimum Gasteiger partial charge on any atom is -0.497 e. The summed E-state index contributed by atoms with van der Waals surface area (Å²) in [5.41, 5.74) is -0.148. The zero-order valence-corrected chi connectivity index (χ0v) is 17.1. The molecule has 1 saturated heterocycles. The van der Waals surface area contributed by atoms with Crippen molar-refractivity contribution in [3.05, 3.63) is 59.2 Å². The molecule has 2 aliphatic heterocycles. The molecule has 0 aromatic heterocycles. The number of nitrogens with one attached hydrogen (secondary N) is 1. The fraction of sp³-hybridized carbons (Fsp3) is 0.250. The number of imide groups is 1. The summed E-state index contributed by atoms with van der Waals surface area (Å²) in [6.07, 6.45) is 0. The second kappa shape index (κ2) is 7.73. The van der Waals surface area contributed by atoms with Crippen LogP contribution in [0.4, 0.5) is 13.6 Å². The van der Waals surface area contributed by atoms with Crippen LogP contribution in [-0.4, -0.2) is 47.3 Å². The van der Waals surface area contributed by atoms with Gasteiger partial charge in [0.2, 0.25) is 0 Å². The molecule has 0 saturated carbocycles. The molecule has 4 amide bonds. The van der Waals surface area contributed by atoms with Crippen LogP contribution >= 0.6 is 12.8 Å². The summed E-state index contributed by atoms with van der Waals surface area (Å²) >= 11 is 3.93. The number of halogens is 2. The number of rotatable bonds is 6. The monoisotopic (exact) mass is 449 g/mol. The van der Waals surface area contributed by atoms with Gasteiger partial charge in [-0.05, 0) is 35.4 Å². The van der Waals surface area contributed by atoms with Crippen LogP contribution in [0.15, 0.2) is 42.5 Å². The molecule has 1 atom stereocenters. The van der Waals surface area contributed by atoms with Crippen molar-refractivity contribution in [2.45, 2.75) is 18.7 Å². The van der Waals surface area contributed by atoms with Crippen LogP contribution < -0.4 is 14.8 Å². The zero-order chi connectivity index (χ0) is 22.3. The lowest BCUT2D eigenvalue weighted by atomic mass is 9.89. The number of methoxy groups -OCH3 is 1. The predicted molar refractivity (Wildman–Crippen MR) is 107 cm³/mol. The Morgan fingerprint density at radius 2 is 1.81 bits per heavy atom. The van der Waals surface area contributed by atoms with E-state index in [1.807, 2.05) is 0 Å². The Morgan fingerprint density at radius 1 is 1.13 bits per heavy atom. The van der Waals surface area contributed by atoms with Gasteiger partial charge in [0.05, 0.1) is 13.7 Å². The van der Waals surface area contributed by atoms with Gasteiger partial charge >= 0.3 is 12.6 Å². The second-order valence-electron chi connectivity index (χ2n) is 7.04. The molecule has 2 aliphatic rings. The Kier molecular flexibility index (Phi) is 5.21. The summed E-state index contributed by atoms with van der Waals surface area (Å²) in [4.78, 5) is 39.7. The maximum absolute atomic E-state index is 13.0. The van der Waals surface area contributed by atoms with Crippen LogP contribution in [0, 0.1) is 0 Å². The van der Waals surface area contributed by atoms with Gasteiger partial charge in [-0.15, -0.1) is 0 Å². The lowest BCUT2D eigenvalue weighted by molar-refractivity contribution is -0.128. The molecule has 0 spiro atoms. The molecule has 0 radical (unpaired) electrons. The van der Waals surface area contributed by atoms with Crippen molar-refractivity contribution in [1.29, 1.82) is 0 Å². The molecule has 0 bridgehead atoms. The van der Waals surface area contributed by atoms with Crippen LogP contribution in [0.5, 0.6) is 11.5 Å². The number of carbonyl (C=O) groups excluding carboxylic acids is 3. The third-order valence-electron chi connectivity index (χ3n) is 5.27. The standard InChI is InChI=1S/C20H17F2N3O5S/c1-29-14-5-2-11-9-24(16(26)15(11)8-14)10-20(17(27)25(31)19(28)23-20)12-3-6-13(7-4-12)30-18(21)22/h2-8,18,31H,9-10H2,1H3,(H,23,28)/t20-/m0/s1. The fourth-order valence-electron chi connectivity index (χ4n) is 3.76. The average Bonchev–Trinajstić information content (AvgIpc) is 3.17. The van der Waals surface area contributed by atoms with Crippen molar-refractivity contribution < 1.29 is 32.6 Å². The Balaban J connectivity index is 1.68. The minimum atomic E-state index is -3.00. The summed E-state index contributed by atoms with van der Waals surface area (Å²) in [7, 11) is 1.49. The van der Waals surface area contributed by atoms with Gasteiger partial charge in [-0.25, -0.2) is 9.10 Å². The van der Waals surface area contributed by atoms with E-state index in [0.29, 0.717) is 21.2 Å². The molecule has 31 heavy (non-hydrogen) atoms. The highest BCUT2D eigenvalue weighted by Gasteiger charge is 2.54.